The van der Waals surface area contributed by atoms with Gasteiger partial charge < -0.3 is 9.47 Å². The Kier molecular flexibility index (Phi) is 6.18. The molecule has 0 atom stereocenters. The van der Waals surface area contributed by atoms with Crippen molar-refractivity contribution in [1.82, 2.24) is 4.72 Å². The number of carbonyl (C=O) groups is 1. The van der Waals surface area contributed by atoms with Crippen molar-refractivity contribution in [2.75, 3.05) is 26.1 Å². The summed E-state index contributed by atoms with van der Waals surface area (Å²) in [6.45, 7) is 0.875. The lowest BCUT2D eigenvalue weighted by Crippen LogP contribution is -2.48. The number of hydrogen-bond acceptors (Lipinski definition) is 5. The van der Waals surface area contributed by atoms with Crippen LogP contribution in [-0.2, 0) is 14.8 Å². The Hall–Kier alpha value is -1.67. The third-order valence-corrected chi connectivity index (χ3v) is 9.39. The third-order valence-electron chi connectivity index (χ3n) is 8.07. The number of amides is 1. The molecule has 0 unspecified atom stereocenters. The quantitative estimate of drug-likeness (QED) is 0.503. The van der Waals surface area contributed by atoms with E-state index < -0.39 is 21.7 Å². The molecule has 1 aromatic carbocycles. The lowest BCUT2D eigenvalue weighted by Gasteiger charge is -2.56. The first-order chi connectivity index (χ1) is 15.8. The van der Waals surface area contributed by atoms with E-state index in [-0.39, 0.29) is 35.7 Å². The number of nitrogens with one attached hydrogen (secondary N) is 1. The van der Waals surface area contributed by atoms with Gasteiger partial charge in [-0.15, -0.1) is 0 Å². The zero-order valence-corrected chi connectivity index (χ0v) is 20.1. The minimum Gasteiger partial charge on any atom is -0.493 e. The van der Waals surface area contributed by atoms with E-state index in [2.05, 4.69) is 0 Å². The summed E-state index contributed by atoms with van der Waals surface area (Å²) in [5, 5.41) is 0. The summed E-state index contributed by atoms with van der Waals surface area (Å²) in [7, 11) is -2.38. The summed E-state index contributed by atoms with van der Waals surface area (Å²) < 4.78 is 52.5. The van der Waals surface area contributed by atoms with Gasteiger partial charge in [0.2, 0.25) is 10.0 Å². The van der Waals surface area contributed by atoms with Crippen LogP contribution >= 0.6 is 0 Å². The molecular weight excluding hydrogens is 445 g/mol. The first kappa shape index (κ1) is 23.1. The predicted molar refractivity (Wildman–Crippen MR) is 122 cm³/mol. The van der Waals surface area contributed by atoms with Gasteiger partial charge in [-0.3, -0.25) is 4.79 Å². The molecule has 33 heavy (non-hydrogen) atoms. The van der Waals surface area contributed by atoms with Gasteiger partial charge >= 0.3 is 0 Å². The zero-order valence-electron chi connectivity index (χ0n) is 19.3. The number of ether oxygens (including phenoxy) is 2. The van der Waals surface area contributed by atoms with E-state index in [4.69, 9.17) is 9.47 Å². The van der Waals surface area contributed by atoms with Crippen LogP contribution in [0.2, 0.25) is 0 Å². The standard InChI is InChI=1S/C25H34FNO5S/c1-31-5-2-6-33(29,30)27-24(28)21-10-20(19-3-4-19)23(11-22(21)26)32-15-25-12-16-7-17(13-25)9-18(8-16)14-25/h10-11,16-19H,2-9,12-15H2,1H3,(H,27,28). The van der Waals surface area contributed by atoms with E-state index in [0.29, 0.717) is 12.4 Å². The van der Waals surface area contributed by atoms with E-state index >= 15 is 0 Å². The largest absolute Gasteiger partial charge is 0.493 e. The van der Waals surface area contributed by atoms with Gasteiger partial charge in [0.15, 0.2) is 0 Å². The van der Waals surface area contributed by atoms with E-state index in [1.807, 2.05) is 4.72 Å². The number of halogens is 1. The second kappa shape index (κ2) is 8.84. The molecule has 4 bridgehead atoms. The van der Waals surface area contributed by atoms with Crippen LogP contribution in [0.3, 0.4) is 0 Å². The van der Waals surface area contributed by atoms with Crippen molar-refractivity contribution in [2.45, 2.75) is 63.7 Å². The molecule has 5 aliphatic carbocycles. The number of hydrogen-bond donors (Lipinski definition) is 1. The SMILES string of the molecule is COCCCS(=O)(=O)NC(=O)c1cc(C2CC2)c(OCC23CC4CC(CC(C4)C2)C3)cc1F. The maximum absolute atomic E-state index is 15.0. The molecule has 182 valence electrons. The second-order valence-electron chi connectivity index (χ2n) is 10.9. The Morgan fingerprint density at radius 1 is 1.12 bits per heavy atom. The number of benzene rings is 1. The Bertz CT molecular complexity index is 985. The van der Waals surface area contributed by atoms with Gasteiger partial charge in [0, 0.05) is 25.2 Å². The van der Waals surface area contributed by atoms with Crippen molar-refractivity contribution in [3.05, 3.63) is 29.1 Å². The molecule has 0 aromatic heterocycles. The summed E-state index contributed by atoms with van der Waals surface area (Å²) in [5.74, 6) is 1.27. The van der Waals surface area contributed by atoms with Gasteiger partial charge in [-0.25, -0.2) is 17.5 Å². The Balaban J connectivity index is 1.30. The van der Waals surface area contributed by atoms with E-state index in [1.165, 1.54) is 57.8 Å². The number of carbonyl (C=O) groups excluding carboxylic acids is 1. The van der Waals surface area contributed by atoms with Crippen molar-refractivity contribution in [3.63, 3.8) is 0 Å². The van der Waals surface area contributed by atoms with E-state index in [9.17, 15) is 17.6 Å². The van der Waals surface area contributed by atoms with Crippen LogP contribution < -0.4 is 9.46 Å². The lowest BCUT2D eigenvalue weighted by molar-refractivity contribution is -0.0747. The fraction of sp³-hybridized carbons (Fsp3) is 0.720. The fourth-order valence-corrected chi connectivity index (χ4v) is 7.91. The molecule has 5 aliphatic rings. The van der Waals surface area contributed by atoms with Gasteiger partial charge in [0.25, 0.3) is 5.91 Å². The topological polar surface area (TPSA) is 81.7 Å². The normalized spacial score (nSPS) is 30.4. The fourth-order valence-electron chi connectivity index (χ4n) is 6.92. The highest BCUT2D eigenvalue weighted by molar-refractivity contribution is 7.90. The Morgan fingerprint density at radius 3 is 2.33 bits per heavy atom. The first-order valence-corrected chi connectivity index (χ1v) is 13.9. The molecule has 0 radical (unpaired) electrons. The predicted octanol–water partition coefficient (Wildman–Crippen LogP) is 4.39. The van der Waals surface area contributed by atoms with Crippen molar-refractivity contribution < 1.29 is 27.1 Å². The van der Waals surface area contributed by atoms with Crippen LogP contribution in [0.5, 0.6) is 5.75 Å². The Morgan fingerprint density at radius 2 is 1.76 bits per heavy atom. The first-order valence-electron chi connectivity index (χ1n) is 12.3. The van der Waals surface area contributed by atoms with Gasteiger partial charge in [-0.05, 0) is 93.1 Å². The van der Waals surface area contributed by atoms with Crippen LogP contribution in [0.25, 0.3) is 0 Å². The minimum absolute atomic E-state index is 0.207. The van der Waals surface area contributed by atoms with Crippen molar-refractivity contribution in [2.24, 2.45) is 23.2 Å². The molecule has 1 aromatic rings. The highest BCUT2D eigenvalue weighted by Crippen LogP contribution is 2.60. The Labute approximate surface area is 195 Å². The maximum Gasteiger partial charge on any atom is 0.267 e. The van der Waals surface area contributed by atoms with E-state index in [1.54, 1.807) is 0 Å². The summed E-state index contributed by atoms with van der Waals surface area (Å²) in [6.07, 6.45) is 9.90. The molecule has 1 N–H and O–H groups in total. The molecule has 1 amide bonds. The maximum atomic E-state index is 15.0. The molecule has 6 nitrogen and oxygen atoms in total. The van der Waals surface area contributed by atoms with Gasteiger partial charge in [-0.2, -0.15) is 0 Å². The van der Waals surface area contributed by atoms with Gasteiger partial charge in [-0.1, -0.05) is 0 Å². The molecule has 8 heteroatoms. The van der Waals surface area contributed by atoms with Gasteiger partial charge in [0.1, 0.15) is 11.6 Å². The molecule has 0 heterocycles. The lowest BCUT2D eigenvalue weighted by atomic mass is 9.50. The summed E-state index contributed by atoms with van der Waals surface area (Å²) in [4.78, 5) is 12.6. The number of methoxy groups -OCH3 is 1. The van der Waals surface area contributed by atoms with Crippen LogP contribution in [-0.4, -0.2) is 40.4 Å². The number of sulfonamides is 1. The highest BCUT2D eigenvalue weighted by Gasteiger charge is 2.51. The summed E-state index contributed by atoms with van der Waals surface area (Å²) >= 11 is 0. The van der Waals surface area contributed by atoms with Gasteiger partial charge in [0.05, 0.1) is 17.9 Å². The molecule has 5 saturated carbocycles. The number of rotatable bonds is 10. The van der Waals surface area contributed by atoms with E-state index in [0.717, 1.165) is 36.2 Å². The smallest absolute Gasteiger partial charge is 0.267 e. The highest BCUT2D eigenvalue weighted by atomic mass is 32.2. The molecule has 0 spiro atoms. The van der Waals surface area contributed by atoms with Crippen LogP contribution in [0.15, 0.2) is 12.1 Å². The molecule has 0 aliphatic heterocycles. The van der Waals surface area contributed by atoms with Crippen molar-refractivity contribution >= 4 is 15.9 Å². The van der Waals surface area contributed by atoms with Crippen molar-refractivity contribution in [3.8, 4) is 5.75 Å². The molecular formula is C25H34FNO5S. The third kappa shape index (κ3) is 5.06. The van der Waals surface area contributed by atoms with Crippen molar-refractivity contribution in [1.29, 1.82) is 0 Å². The summed E-state index contributed by atoms with van der Waals surface area (Å²) in [5.41, 5.74) is 0.788. The van der Waals surface area contributed by atoms with Crippen LogP contribution in [0.4, 0.5) is 4.39 Å². The monoisotopic (exact) mass is 479 g/mol. The zero-order chi connectivity index (χ0) is 23.2. The minimum atomic E-state index is -3.86. The van der Waals surface area contributed by atoms with Crippen LogP contribution in [0, 0.1) is 29.0 Å². The average Bonchev–Trinajstić information content (AvgIpc) is 3.56. The molecule has 0 saturated heterocycles. The molecule has 5 fully saturated rings. The second-order valence-corrected chi connectivity index (χ2v) is 12.8. The van der Waals surface area contributed by atoms with Crippen LogP contribution in [0.1, 0.15) is 79.6 Å². The average molecular weight is 480 g/mol. The molecule has 6 rings (SSSR count). The summed E-state index contributed by atoms with van der Waals surface area (Å²) in [6, 6.07) is 2.79.